The van der Waals surface area contributed by atoms with E-state index in [9.17, 15) is 9.90 Å². The summed E-state index contributed by atoms with van der Waals surface area (Å²) >= 11 is 0. The van der Waals surface area contributed by atoms with Crippen LogP contribution in [-0.2, 0) is 4.74 Å². The van der Waals surface area contributed by atoms with E-state index in [1.54, 1.807) is 24.3 Å². The van der Waals surface area contributed by atoms with E-state index in [2.05, 4.69) is 23.9 Å². The molecule has 0 unspecified atom stereocenters. The molecule has 0 heterocycles. The van der Waals surface area contributed by atoms with Gasteiger partial charge in [0.1, 0.15) is 18.5 Å². The van der Waals surface area contributed by atoms with Crippen LogP contribution in [0.15, 0.2) is 24.3 Å². The zero-order valence-electron chi connectivity index (χ0n) is 15.1. The Balaban J connectivity index is 2.30. The van der Waals surface area contributed by atoms with Gasteiger partial charge in [0, 0.05) is 6.54 Å². The van der Waals surface area contributed by atoms with Crippen molar-refractivity contribution in [3.05, 3.63) is 29.8 Å². The molecule has 0 saturated carbocycles. The normalized spacial score (nSPS) is 13.3. The third-order valence-corrected chi connectivity index (χ3v) is 4.05. The molecular weight excluding hydrogens is 306 g/mol. The molecule has 0 aliphatic heterocycles. The number of esters is 1. The number of carbonyl (C=O) groups is 1. The minimum Gasteiger partial charge on any atom is -0.491 e. The number of unbranched alkanes of at least 4 members (excludes halogenated alkanes) is 1. The molecule has 24 heavy (non-hydrogen) atoms. The Hall–Kier alpha value is -1.59. The smallest absolute Gasteiger partial charge is 0.337 e. The predicted octanol–water partition coefficient (Wildman–Crippen LogP) is 3.02. The van der Waals surface area contributed by atoms with Crippen molar-refractivity contribution in [2.75, 3.05) is 26.8 Å². The second-order valence-corrected chi connectivity index (χ2v) is 6.06. The quantitative estimate of drug-likeness (QED) is 0.574. The molecule has 0 amide bonds. The number of nitrogens with one attached hydrogen (secondary N) is 1. The number of aliphatic hydroxyl groups is 1. The summed E-state index contributed by atoms with van der Waals surface area (Å²) in [6.07, 6.45) is 4.27. The maximum atomic E-state index is 11.5. The fourth-order valence-electron chi connectivity index (χ4n) is 2.48. The van der Waals surface area contributed by atoms with Gasteiger partial charge in [-0.3, -0.25) is 0 Å². The fraction of sp³-hybridized carbons (Fsp3) is 0.632. The second kappa shape index (κ2) is 11.9. The number of hydrogen-bond acceptors (Lipinski definition) is 5. The predicted molar refractivity (Wildman–Crippen MR) is 95.5 cm³/mol. The number of aliphatic hydroxyl groups excluding tert-OH is 1. The first-order valence-corrected chi connectivity index (χ1v) is 8.80. The minimum absolute atomic E-state index is 0.184. The van der Waals surface area contributed by atoms with Crippen molar-refractivity contribution in [1.82, 2.24) is 5.32 Å². The molecule has 1 rings (SSSR count). The monoisotopic (exact) mass is 337 g/mol. The minimum atomic E-state index is -0.588. The highest BCUT2D eigenvalue weighted by molar-refractivity contribution is 5.89. The molecule has 1 aromatic carbocycles. The van der Waals surface area contributed by atoms with E-state index in [0.29, 0.717) is 23.8 Å². The van der Waals surface area contributed by atoms with Crippen molar-refractivity contribution in [1.29, 1.82) is 0 Å². The number of rotatable bonds is 12. The van der Waals surface area contributed by atoms with Gasteiger partial charge >= 0.3 is 5.97 Å². The molecule has 0 saturated heterocycles. The van der Waals surface area contributed by atoms with E-state index < -0.39 is 12.1 Å². The number of hydrogen-bond donors (Lipinski definition) is 2. The van der Waals surface area contributed by atoms with Crippen LogP contribution in [0, 0.1) is 5.92 Å². The van der Waals surface area contributed by atoms with Gasteiger partial charge in [-0.1, -0.05) is 39.2 Å². The average Bonchev–Trinajstić information content (AvgIpc) is 2.62. The first kappa shape index (κ1) is 20.5. The zero-order chi connectivity index (χ0) is 17.8. The van der Waals surface area contributed by atoms with Crippen LogP contribution in [0.25, 0.3) is 0 Å². The molecule has 0 spiro atoms. The maximum absolute atomic E-state index is 11.5. The Morgan fingerprint density at radius 2 is 2.08 bits per heavy atom. The molecule has 0 bridgehead atoms. The van der Waals surface area contributed by atoms with Crippen LogP contribution in [0.1, 0.15) is 49.9 Å². The lowest BCUT2D eigenvalue weighted by Gasteiger charge is -2.18. The summed E-state index contributed by atoms with van der Waals surface area (Å²) in [7, 11) is 1.34. The van der Waals surface area contributed by atoms with Crippen LogP contribution in [0.5, 0.6) is 5.75 Å². The van der Waals surface area contributed by atoms with Gasteiger partial charge in [0.25, 0.3) is 0 Å². The van der Waals surface area contributed by atoms with Crippen molar-refractivity contribution >= 4 is 5.97 Å². The Labute approximate surface area is 145 Å². The molecule has 2 atom stereocenters. The van der Waals surface area contributed by atoms with Crippen molar-refractivity contribution in [3.63, 3.8) is 0 Å². The summed E-state index contributed by atoms with van der Waals surface area (Å²) in [5.74, 6) is 0.807. The highest BCUT2D eigenvalue weighted by Gasteiger charge is 2.10. The molecule has 136 valence electrons. The molecule has 0 aromatic heterocycles. The third kappa shape index (κ3) is 7.79. The zero-order valence-corrected chi connectivity index (χ0v) is 15.1. The highest BCUT2D eigenvalue weighted by atomic mass is 16.5. The van der Waals surface area contributed by atoms with Gasteiger partial charge in [-0.2, -0.15) is 0 Å². The van der Waals surface area contributed by atoms with Gasteiger partial charge in [0.2, 0.25) is 0 Å². The van der Waals surface area contributed by atoms with Crippen molar-refractivity contribution < 1.29 is 19.4 Å². The van der Waals surface area contributed by atoms with Crippen LogP contribution < -0.4 is 10.1 Å². The number of ether oxygens (including phenoxy) is 2. The Bertz CT molecular complexity index is 478. The van der Waals surface area contributed by atoms with Crippen LogP contribution in [0.2, 0.25) is 0 Å². The van der Waals surface area contributed by atoms with Crippen molar-refractivity contribution in [3.8, 4) is 5.75 Å². The summed E-state index contributed by atoms with van der Waals surface area (Å²) < 4.78 is 10.2. The second-order valence-electron chi connectivity index (χ2n) is 6.06. The van der Waals surface area contributed by atoms with E-state index in [1.165, 1.54) is 26.4 Å². The Morgan fingerprint density at radius 1 is 1.29 bits per heavy atom. The molecule has 5 nitrogen and oxygen atoms in total. The SMILES string of the molecule is CCCC[C@@H](CC)CNC[C@@H](O)COc1cccc(C(=O)OC)c1. The summed E-state index contributed by atoms with van der Waals surface area (Å²) in [5, 5.41) is 13.3. The molecule has 5 heteroatoms. The molecule has 0 radical (unpaired) electrons. The van der Waals surface area contributed by atoms with Crippen LogP contribution in [0.4, 0.5) is 0 Å². The summed E-state index contributed by atoms with van der Waals surface area (Å²) in [4.78, 5) is 11.5. The van der Waals surface area contributed by atoms with Gasteiger partial charge in [-0.15, -0.1) is 0 Å². The molecule has 2 N–H and O–H groups in total. The van der Waals surface area contributed by atoms with Gasteiger partial charge in [0.05, 0.1) is 12.7 Å². The summed E-state index contributed by atoms with van der Waals surface area (Å²) in [6, 6.07) is 6.76. The Kier molecular flexibility index (Phi) is 10.1. The Morgan fingerprint density at radius 3 is 2.75 bits per heavy atom. The molecular formula is C19H31NO4. The topological polar surface area (TPSA) is 67.8 Å². The molecule has 0 aliphatic rings. The van der Waals surface area contributed by atoms with Crippen LogP contribution in [0.3, 0.4) is 0 Å². The third-order valence-electron chi connectivity index (χ3n) is 4.05. The van der Waals surface area contributed by atoms with Gasteiger partial charge in [-0.05, 0) is 37.1 Å². The number of methoxy groups -OCH3 is 1. The van der Waals surface area contributed by atoms with Crippen LogP contribution >= 0.6 is 0 Å². The van der Waals surface area contributed by atoms with E-state index in [1.807, 2.05) is 0 Å². The van der Waals surface area contributed by atoms with E-state index >= 15 is 0 Å². The summed E-state index contributed by atoms with van der Waals surface area (Å²) in [6.45, 7) is 6.01. The lowest BCUT2D eigenvalue weighted by molar-refractivity contribution is 0.0600. The van der Waals surface area contributed by atoms with Crippen LogP contribution in [-0.4, -0.2) is 44.0 Å². The van der Waals surface area contributed by atoms with Gasteiger partial charge < -0.3 is 19.9 Å². The molecule has 0 aliphatic carbocycles. The first-order chi connectivity index (χ1) is 11.6. The van der Waals surface area contributed by atoms with Gasteiger partial charge in [-0.25, -0.2) is 4.79 Å². The summed E-state index contributed by atoms with van der Waals surface area (Å²) in [5.41, 5.74) is 0.435. The highest BCUT2D eigenvalue weighted by Crippen LogP contribution is 2.14. The fourth-order valence-corrected chi connectivity index (χ4v) is 2.48. The number of benzene rings is 1. The van der Waals surface area contributed by atoms with Crippen molar-refractivity contribution in [2.24, 2.45) is 5.92 Å². The van der Waals surface area contributed by atoms with E-state index in [-0.39, 0.29) is 6.61 Å². The maximum Gasteiger partial charge on any atom is 0.337 e. The first-order valence-electron chi connectivity index (χ1n) is 8.80. The lowest BCUT2D eigenvalue weighted by atomic mass is 9.99. The number of carbonyl (C=O) groups excluding carboxylic acids is 1. The largest absolute Gasteiger partial charge is 0.491 e. The lowest BCUT2D eigenvalue weighted by Crippen LogP contribution is -2.34. The standard InChI is InChI=1S/C19H31NO4/c1-4-6-8-15(5-2)12-20-13-17(21)14-24-18-10-7-9-16(11-18)19(22)23-3/h7,9-11,15,17,20-21H,4-6,8,12-14H2,1-3H3/t15-,17-/m1/s1. The van der Waals surface area contributed by atoms with E-state index in [4.69, 9.17) is 4.74 Å². The van der Waals surface area contributed by atoms with E-state index in [0.717, 1.165) is 13.0 Å². The average molecular weight is 337 g/mol. The van der Waals surface area contributed by atoms with Gasteiger partial charge in [0.15, 0.2) is 0 Å². The van der Waals surface area contributed by atoms with Crippen molar-refractivity contribution in [2.45, 2.75) is 45.6 Å². The molecule has 1 aromatic rings. The molecule has 0 fully saturated rings.